The molecule has 0 radical (unpaired) electrons. The summed E-state index contributed by atoms with van der Waals surface area (Å²) in [7, 11) is 1.56. The zero-order chi connectivity index (χ0) is 27.5. The molecule has 206 valence electrons. The number of hydrogen-bond acceptors (Lipinski definition) is 9. The van der Waals surface area contributed by atoms with Crippen LogP contribution in [-0.4, -0.2) is 73.6 Å². The first kappa shape index (κ1) is 26.8. The standard InChI is InChI=1S/C28H34FN7O3/c1-16-13-36(14-17(2)33-16)24-7-6-21(27(37)34-19-9-18(11-31-3)25(30)23(29)10-19)26-22(24)12-32-28(35-26)39-20-5-4-8-38-15-20/h6-7,9-12,16-17,20,33H,4-5,8,13-15,30H2,1-3H3,(H,34,37)/t16-,17?,20?/m1/s1. The number of nitrogens with one attached hydrogen (secondary N) is 2. The molecule has 2 aliphatic rings. The molecule has 3 atom stereocenters. The summed E-state index contributed by atoms with van der Waals surface area (Å²) in [5.74, 6) is -1.08. The van der Waals surface area contributed by atoms with Crippen LogP contribution in [0.15, 0.2) is 35.5 Å². The Kier molecular flexibility index (Phi) is 7.89. The Morgan fingerprint density at radius 3 is 2.82 bits per heavy atom. The van der Waals surface area contributed by atoms with Crippen LogP contribution in [0.5, 0.6) is 6.01 Å². The highest BCUT2D eigenvalue weighted by Crippen LogP contribution is 2.32. The van der Waals surface area contributed by atoms with Gasteiger partial charge < -0.3 is 30.7 Å². The molecule has 2 aromatic carbocycles. The van der Waals surface area contributed by atoms with Crippen LogP contribution in [0, 0.1) is 5.82 Å². The highest BCUT2D eigenvalue weighted by atomic mass is 19.1. The van der Waals surface area contributed by atoms with E-state index < -0.39 is 11.7 Å². The summed E-state index contributed by atoms with van der Waals surface area (Å²) < 4.78 is 26.0. The summed E-state index contributed by atoms with van der Waals surface area (Å²) in [5.41, 5.74) is 8.14. The second-order valence-corrected chi connectivity index (χ2v) is 10.2. The zero-order valence-corrected chi connectivity index (χ0v) is 22.4. The zero-order valence-electron chi connectivity index (χ0n) is 22.4. The van der Waals surface area contributed by atoms with Gasteiger partial charge >= 0.3 is 6.01 Å². The number of amides is 1. The number of aliphatic imine (C=N–C) groups is 1. The maximum Gasteiger partial charge on any atom is 0.317 e. The Balaban J connectivity index is 1.53. The molecular weight excluding hydrogens is 501 g/mol. The number of nitrogens with zero attached hydrogens (tertiary/aromatic N) is 4. The van der Waals surface area contributed by atoms with Gasteiger partial charge in [-0.1, -0.05) is 0 Å². The number of aromatic nitrogens is 2. The molecule has 0 aliphatic carbocycles. The quantitative estimate of drug-likeness (QED) is 0.324. The van der Waals surface area contributed by atoms with Crippen molar-refractivity contribution in [2.24, 2.45) is 4.99 Å². The average molecular weight is 536 g/mol. The van der Waals surface area contributed by atoms with Gasteiger partial charge in [-0.3, -0.25) is 9.79 Å². The largest absolute Gasteiger partial charge is 0.458 e. The van der Waals surface area contributed by atoms with Gasteiger partial charge in [0.15, 0.2) is 0 Å². The van der Waals surface area contributed by atoms with Gasteiger partial charge in [-0.15, -0.1) is 0 Å². The SMILES string of the molecule is CN=Cc1cc(NC(=O)c2ccc(N3CC(C)N[C@H](C)C3)c3cnc(OC4CCCOC4)nc23)cc(F)c1N. The topological polar surface area (TPSA) is 127 Å². The lowest BCUT2D eigenvalue weighted by atomic mass is 10.0. The van der Waals surface area contributed by atoms with Gasteiger partial charge in [-0.05, 0) is 51.0 Å². The van der Waals surface area contributed by atoms with Gasteiger partial charge in [0.25, 0.3) is 5.91 Å². The van der Waals surface area contributed by atoms with Crippen molar-refractivity contribution < 1.29 is 18.7 Å². The molecule has 1 amide bonds. The number of fused-ring (bicyclic) bond motifs is 1. The number of carbonyl (C=O) groups excluding carboxylic acids is 1. The number of nitrogens with two attached hydrogens (primary N) is 1. The summed E-state index contributed by atoms with van der Waals surface area (Å²) in [4.78, 5) is 28.9. The second-order valence-electron chi connectivity index (χ2n) is 10.2. The number of hydrogen-bond donors (Lipinski definition) is 3. The lowest BCUT2D eigenvalue weighted by Gasteiger charge is -2.38. The number of anilines is 3. The van der Waals surface area contributed by atoms with Crippen molar-refractivity contribution in [3.63, 3.8) is 0 Å². The second kappa shape index (κ2) is 11.5. The molecule has 2 saturated heterocycles. The number of rotatable bonds is 6. The van der Waals surface area contributed by atoms with Crippen molar-refractivity contribution in [1.82, 2.24) is 15.3 Å². The van der Waals surface area contributed by atoms with Crippen LogP contribution >= 0.6 is 0 Å². The van der Waals surface area contributed by atoms with Crippen LogP contribution in [0.3, 0.4) is 0 Å². The number of ether oxygens (including phenoxy) is 2. The van der Waals surface area contributed by atoms with Gasteiger partial charge in [0.2, 0.25) is 0 Å². The number of nitrogen functional groups attached to an aromatic ring is 1. The Bertz CT molecular complexity index is 1380. The van der Waals surface area contributed by atoms with Gasteiger partial charge in [-0.2, -0.15) is 4.98 Å². The van der Waals surface area contributed by atoms with Gasteiger partial charge in [0.1, 0.15) is 11.9 Å². The molecule has 2 fully saturated rings. The third kappa shape index (κ3) is 5.94. The summed E-state index contributed by atoms with van der Waals surface area (Å²) in [5, 5.41) is 7.07. The van der Waals surface area contributed by atoms with Crippen LogP contribution < -0.4 is 26.0 Å². The van der Waals surface area contributed by atoms with Gasteiger partial charge in [-0.25, -0.2) is 9.37 Å². The average Bonchev–Trinajstić information content (AvgIpc) is 2.91. The normalized spacial score (nSPS) is 21.8. The molecule has 0 saturated carbocycles. The Hall–Kier alpha value is -3.83. The van der Waals surface area contributed by atoms with E-state index in [-0.39, 0.29) is 23.5 Å². The summed E-state index contributed by atoms with van der Waals surface area (Å²) in [6, 6.07) is 7.20. The van der Waals surface area contributed by atoms with E-state index in [2.05, 4.69) is 39.4 Å². The summed E-state index contributed by atoms with van der Waals surface area (Å²) >= 11 is 0. The van der Waals surface area contributed by atoms with Crippen LogP contribution in [0.1, 0.15) is 42.6 Å². The molecule has 2 aliphatic heterocycles. The minimum Gasteiger partial charge on any atom is -0.458 e. The fraction of sp³-hybridized carbons (Fsp3) is 0.429. The minimum absolute atomic E-state index is 0.0332. The van der Waals surface area contributed by atoms with E-state index in [4.69, 9.17) is 20.2 Å². The number of benzene rings is 2. The first-order chi connectivity index (χ1) is 18.8. The van der Waals surface area contributed by atoms with E-state index in [0.29, 0.717) is 41.9 Å². The molecule has 0 spiro atoms. The lowest BCUT2D eigenvalue weighted by Crippen LogP contribution is -2.54. The van der Waals surface area contributed by atoms with Crippen molar-refractivity contribution in [3.05, 3.63) is 47.4 Å². The van der Waals surface area contributed by atoms with Crippen LogP contribution in [0.4, 0.5) is 21.5 Å². The molecular formula is C28H34FN7O3. The summed E-state index contributed by atoms with van der Waals surface area (Å²) in [6.07, 6.45) is 4.75. The Morgan fingerprint density at radius 1 is 1.31 bits per heavy atom. The molecule has 1 aromatic heterocycles. The predicted molar refractivity (Wildman–Crippen MR) is 151 cm³/mol. The number of halogens is 1. The van der Waals surface area contributed by atoms with E-state index in [9.17, 15) is 9.18 Å². The lowest BCUT2D eigenvalue weighted by molar-refractivity contribution is 0.00353. The highest BCUT2D eigenvalue weighted by molar-refractivity contribution is 6.14. The van der Waals surface area contributed by atoms with Crippen molar-refractivity contribution >= 4 is 40.1 Å². The third-order valence-corrected chi connectivity index (χ3v) is 6.93. The van der Waals surface area contributed by atoms with E-state index in [1.165, 1.54) is 12.3 Å². The Labute approximate surface area is 226 Å². The smallest absolute Gasteiger partial charge is 0.317 e. The van der Waals surface area contributed by atoms with E-state index in [0.717, 1.165) is 37.0 Å². The van der Waals surface area contributed by atoms with E-state index >= 15 is 0 Å². The maximum absolute atomic E-state index is 14.5. The van der Waals surface area contributed by atoms with E-state index in [1.54, 1.807) is 25.4 Å². The van der Waals surface area contributed by atoms with Gasteiger partial charge in [0, 0.05) is 73.6 Å². The highest BCUT2D eigenvalue weighted by Gasteiger charge is 2.25. The van der Waals surface area contributed by atoms with Crippen LogP contribution in [0.2, 0.25) is 0 Å². The maximum atomic E-state index is 14.5. The molecule has 5 rings (SSSR count). The number of piperazine rings is 1. The number of carbonyl (C=O) groups is 1. The predicted octanol–water partition coefficient (Wildman–Crippen LogP) is 3.40. The van der Waals surface area contributed by atoms with Crippen molar-refractivity contribution in [3.8, 4) is 6.01 Å². The van der Waals surface area contributed by atoms with E-state index in [1.807, 2.05) is 6.07 Å². The van der Waals surface area contributed by atoms with Crippen molar-refractivity contribution in [2.75, 3.05) is 49.3 Å². The monoisotopic (exact) mass is 535 g/mol. The minimum atomic E-state index is -0.641. The Morgan fingerprint density at radius 2 is 2.10 bits per heavy atom. The molecule has 10 nitrogen and oxygen atoms in total. The fourth-order valence-corrected chi connectivity index (χ4v) is 5.24. The van der Waals surface area contributed by atoms with Crippen LogP contribution in [0.25, 0.3) is 10.9 Å². The molecule has 39 heavy (non-hydrogen) atoms. The summed E-state index contributed by atoms with van der Waals surface area (Å²) in [6.45, 7) is 7.07. The third-order valence-electron chi connectivity index (χ3n) is 6.93. The molecule has 3 heterocycles. The molecule has 2 unspecified atom stereocenters. The van der Waals surface area contributed by atoms with Crippen molar-refractivity contribution in [2.45, 2.75) is 44.9 Å². The first-order valence-electron chi connectivity index (χ1n) is 13.2. The fourth-order valence-electron chi connectivity index (χ4n) is 5.24. The van der Waals surface area contributed by atoms with Crippen LogP contribution in [-0.2, 0) is 4.74 Å². The molecule has 3 aromatic rings. The van der Waals surface area contributed by atoms with Crippen molar-refractivity contribution in [1.29, 1.82) is 0 Å². The molecule has 0 bridgehead atoms. The van der Waals surface area contributed by atoms with Gasteiger partial charge in [0.05, 0.1) is 23.4 Å². The first-order valence-corrected chi connectivity index (χ1v) is 13.2. The molecule has 11 heteroatoms. The molecule has 4 N–H and O–H groups in total.